The predicted molar refractivity (Wildman–Crippen MR) is 117 cm³/mol. The maximum atomic E-state index is 14.4. The fraction of sp³-hybridized carbons (Fsp3) is 0.500. The summed E-state index contributed by atoms with van der Waals surface area (Å²) in [7, 11) is 0. The Labute approximate surface area is 191 Å². The Morgan fingerprint density at radius 2 is 1.85 bits per heavy atom. The average molecular weight is 455 g/mol. The third kappa shape index (κ3) is 5.16. The first-order valence-corrected chi connectivity index (χ1v) is 11.1. The highest BCUT2D eigenvalue weighted by Crippen LogP contribution is 2.34. The van der Waals surface area contributed by atoms with Crippen molar-refractivity contribution in [1.29, 1.82) is 5.26 Å². The van der Waals surface area contributed by atoms with Gasteiger partial charge in [0.25, 0.3) is 5.91 Å². The second kappa shape index (κ2) is 8.85. The Hall–Kier alpha value is -3.41. The molecular weight excluding hydrogens is 427 g/mol. The summed E-state index contributed by atoms with van der Waals surface area (Å²) in [6.07, 6.45) is 2.79. The molecule has 1 aromatic heterocycles. The maximum Gasteiger partial charge on any atom is 0.410 e. The Morgan fingerprint density at radius 3 is 2.42 bits per heavy atom. The van der Waals surface area contributed by atoms with Gasteiger partial charge in [0, 0.05) is 36.8 Å². The molecule has 4 rings (SSSR count). The van der Waals surface area contributed by atoms with Crippen molar-refractivity contribution in [3.05, 3.63) is 41.4 Å². The largest absolute Gasteiger partial charge is 0.444 e. The van der Waals surface area contributed by atoms with Crippen molar-refractivity contribution in [3.8, 4) is 17.3 Å². The quantitative estimate of drug-likeness (QED) is 0.681. The molecule has 8 nitrogen and oxygen atoms in total. The molecule has 2 heterocycles. The van der Waals surface area contributed by atoms with E-state index >= 15 is 0 Å². The lowest BCUT2D eigenvalue weighted by Crippen LogP contribution is -2.50. The molecule has 2 aromatic rings. The van der Waals surface area contributed by atoms with Crippen LogP contribution in [0.5, 0.6) is 0 Å². The first-order chi connectivity index (χ1) is 15.7. The van der Waals surface area contributed by atoms with Crippen LogP contribution in [0.2, 0.25) is 0 Å². The van der Waals surface area contributed by atoms with Crippen molar-refractivity contribution in [2.24, 2.45) is 0 Å². The van der Waals surface area contributed by atoms with Gasteiger partial charge in [0.2, 0.25) is 5.76 Å². The first kappa shape index (κ1) is 22.8. The van der Waals surface area contributed by atoms with Gasteiger partial charge in [0.15, 0.2) is 0 Å². The van der Waals surface area contributed by atoms with Gasteiger partial charge in [-0.2, -0.15) is 5.26 Å². The Bertz CT molecular complexity index is 1090. The number of carbonyl (C=O) groups is 2. The zero-order valence-corrected chi connectivity index (χ0v) is 19.0. The van der Waals surface area contributed by atoms with E-state index in [4.69, 9.17) is 14.5 Å². The number of hydrogen-bond acceptors (Lipinski definition) is 6. The van der Waals surface area contributed by atoms with E-state index < -0.39 is 11.4 Å². The van der Waals surface area contributed by atoms with Crippen LogP contribution in [0.3, 0.4) is 0 Å². The lowest BCUT2D eigenvalue weighted by molar-refractivity contribution is 0.0138. The fourth-order valence-electron chi connectivity index (χ4n) is 4.06. The molecule has 1 aliphatic carbocycles. The smallest absolute Gasteiger partial charge is 0.410 e. The maximum absolute atomic E-state index is 14.4. The molecule has 0 spiro atoms. The van der Waals surface area contributed by atoms with Crippen molar-refractivity contribution in [3.63, 3.8) is 0 Å². The Balaban J connectivity index is 1.45. The SMILES string of the molecule is CC(C)(C)OC(=O)N1CCC(N(C(=O)c2cc(-c3ccc(C#N)cc3F)no2)C2CC2)CC1. The van der Waals surface area contributed by atoms with Gasteiger partial charge in [0.05, 0.1) is 11.6 Å². The molecule has 174 valence electrons. The molecule has 1 aliphatic heterocycles. The summed E-state index contributed by atoms with van der Waals surface area (Å²) in [5.41, 5.74) is 0.0208. The van der Waals surface area contributed by atoms with Crippen LogP contribution in [0.25, 0.3) is 11.3 Å². The van der Waals surface area contributed by atoms with E-state index in [1.54, 1.807) is 4.90 Å². The molecule has 1 saturated heterocycles. The van der Waals surface area contributed by atoms with Gasteiger partial charge in [-0.25, -0.2) is 9.18 Å². The van der Waals surface area contributed by atoms with Crippen LogP contribution in [-0.2, 0) is 4.74 Å². The minimum atomic E-state index is -0.602. The molecule has 1 aromatic carbocycles. The number of nitriles is 1. The minimum absolute atomic E-state index is 0.0242. The molecule has 0 N–H and O–H groups in total. The third-order valence-corrected chi connectivity index (χ3v) is 5.78. The summed E-state index contributed by atoms with van der Waals surface area (Å²) in [5, 5.41) is 12.8. The number of aromatic nitrogens is 1. The molecule has 2 fully saturated rings. The molecule has 0 bridgehead atoms. The first-order valence-electron chi connectivity index (χ1n) is 11.1. The number of piperidine rings is 1. The van der Waals surface area contributed by atoms with Gasteiger partial charge in [0.1, 0.15) is 17.1 Å². The zero-order chi connectivity index (χ0) is 23.8. The molecule has 2 aliphatic rings. The predicted octanol–water partition coefficient (Wildman–Crippen LogP) is 4.36. The number of hydrogen-bond donors (Lipinski definition) is 0. The van der Waals surface area contributed by atoms with Gasteiger partial charge >= 0.3 is 6.09 Å². The van der Waals surface area contributed by atoms with Gasteiger partial charge < -0.3 is 19.1 Å². The molecule has 0 unspecified atom stereocenters. The van der Waals surface area contributed by atoms with Crippen molar-refractivity contribution in [1.82, 2.24) is 15.0 Å². The lowest BCUT2D eigenvalue weighted by Gasteiger charge is -2.38. The number of nitrogens with zero attached hydrogens (tertiary/aromatic N) is 4. The van der Waals surface area contributed by atoms with Gasteiger partial charge in [-0.1, -0.05) is 5.16 Å². The molecule has 9 heteroatoms. The lowest BCUT2D eigenvalue weighted by atomic mass is 10.0. The zero-order valence-electron chi connectivity index (χ0n) is 19.0. The van der Waals surface area contributed by atoms with Gasteiger partial charge in [-0.15, -0.1) is 0 Å². The van der Waals surface area contributed by atoms with E-state index in [0.29, 0.717) is 25.9 Å². The summed E-state index contributed by atoms with van der Waals surface area (Å²) >= 11 is 0. The topological polar surface area (TPSA) is 99.7 Å². The van der Waals surface area contributed by atoms with E-state index in [-0.39, 0.29) is 46.7 Å². The Morgan fingerprint density at radius 1 is 1.18 bits per heavy atom. The molecule has 0 radical (unpaired) electrons. The molecule has 33 heavy (non-hydrogen) atoms. The van der Waals surface area contributed by atoms with E-state index in [9.17, 15) is 14.0 Å². The van der Waals surface area contributed by atoms with Crippen LogP contribution in [0.1, 0.15) is 62.6 Å². The van der Waals surface area contributed by atoms with Crippen LogP contribution in [0.15, 0.2) is 28.8 Å². The monoisotopic (exact) mass is 454 g/mol. The van der Waals surface area contributed by atoms with Crippen LogP contribution in [0, 0.1) is 17.1 Å². The Kier molecular flexibility index (Phi) is 6.11. The number of rotatable bonds is 4. The highest BCUT2D eigenvalue weighted by atomic mass is 19.1. The number of carbonyl (C=O) groups excluding carboxylic acids is 2. The highest BCUT2D eigenvalue weighted by molar-refractivity contribution is 5.93. The second-order valence-electron chi connectivity index (χ2n) is 9.52. The van der Waals surface area contributed by atoms with Crippen molar-refractivity contribution >= 4 is 12.0 Å². The number of ether oxygens (including phenoxy) is 1. The van der Waals surface area contributed by atoms with E-state index in [1.165, 1.54) is 18.2 Å². The van der Waals surface area contributed by atoms with Crippen LogP contribution in [-0.4, -0.2) is 57.7 Å². The van der Waals surface area contributed by atoms with E-state index in [1.807, 2.05) is 31.7 Å². The van der Waals surface area contributed by atoms with Crippen LogP contribution in [0.4, 0.5) is 9.18 Å². The summed E-state index contributed by atoms with van der Waals surface area (Å²) in [4.78, 5) is 29.2. The number of likely N-dealkylation sites (tertiary alicyclic amines) is 1. The molecule has 1 saturated carbocycles. The standard InChI is InChI=1S/C24H27FN4O4/c1-24(2,3)32-23(31)28-10-8-17(9-11-28)29(16-5-6-16)22(30)21-13-20(27-33-21)18-7-4-15(14-26)12-19(18)25/h4,7,12-13,16-17H,5-6,8-11H2,1-3H3. The van der Waals surface area contributed by atoms with E-state index in [2.05, 4.69) is 5.16 Å². The number of halogens is 1. The summed E-state index contributed by atoms with van der Waals surface area (Å²) in [6, 6.07) is 7.50. The number of amides is 2. The molecule has 0 atom stereocenters. The third-order valence-electron chi connectivity index (χ3n) is 5.78. The number of benzene rings is 1. The van der Waals surface area contributed by atoms with Crippen molar-refractivity contribution in [2.75, 3.05) is 13.1 Å². The van der Waals surface area contributed by atoms with Gasteiger partial charge in [-0.3, -0.25) is 4.79 Å². The van der Waals surface area contributed by atoms with Crippen molar-refractivity contribution in [2.45, 2.75) is 64.1 Å². The minimum Gasteiger partial charge on any atom is -0.444 e. The fourth-order valence-corrected chi connectivity index (χ4v) is 4.06. The van der Waals surface area contributed by atoms with Crippen molar-refractivity contribution < 1.29 is 23.2 Å². The highest BCUT2D eigenvalue weighted by Gasteiger charge is 2.41. The van der Waals surface area contributed by atoms with E-state index in [0.717, 1.165) is 18.9 Å². The molecule has 2 amide bonds. The second-order valence-corrected chi connectivity index (χ2v) is 9.52. The summed E-state index contributed by atoms with van der Waals surface area (Å²) in [5.74, 6) is -0.828. The molecular formula is C24H27FN4O4. The average Bonchev–Trinajstić information content (AvgIpc) is 3.47. The normalized spacial score (nSPS) is 16.9. The van der Waals surface area contributed by atoms with Crippen LogP contribution >= 0.6 is 0 Å². The summed E-state index contributed by atoms with van der Waals surface area (Å²) < 4.78 is 25.1. The van der Waals surface area contributed by atoms with Crippen LogP contribution < -0.4 is 0 Å². The summed E-state index contributed by atoms with van der Waals surface area (Å²) in [6.45, 7) is 6.52. The van der Waals surface area contributed by atoms with Gasteiger partial charge in [-0.05, 0) is 64.7 Å².